The SMILES string of the molecule is CC(C)(C)c1ccc2c(c1)c1cc(C(C)(C)C)ccc1n2-c1cc(-c2ccc(C(F)(F)F)cc2)ccc1-c1nc(-c2ccccc2)nc(-c2ccccc2)n1. The van der Waals surface area contributed by atoms with Gasteiger partial charge in [0.1, 0.15) is 0 Å². The van der Waals surface area contributed by atoms with Crippen molar-refractivity contribution < 1.29 is 13.2 Å². The van der Waals surface area contributed by atoms with Gasteiger partial charge in [0, 0.05) is 27.5 Å². The van der Waals surface area contributed by atoms with Gasteiger partial charge in [-0.05, 0) is 81.6 Å². The van der Waals surface area contributed by atoms with Crippen LogP contribution in [0.3, 0.4) is 0 Å². The molecule has 0 N–H and O–H groups in total. The quantitative estimate of drug-likeness (QED) is 0.177. The Kier molecular flexibility index (Phi) is 8.71. The Morgan fingerprint density at radius 1 is 0.418 bits per heavy atom. The highest BCUT2D eigenvalue weighted by Crippen LogP contribution is 2.41. The molecule has 0 spiro atoms. The lowest BCUT2D eigenvalue weighted by Crippen LogP contribution is -2.10. The van der Waals surface area contributed by atoms with Gasteiger partial charge in [-0.3, -0.25) is 0 Å². The molecule has 0 radical (unpaired) electrons. The van der Waals surface area contributed by atoms with E-state index in [0.717, 1.165) is 61.9 Å². The summed E-state index contributed by atoms with van der Waals surface area (Å²) in [5.41, 5.74) is 8.29. The second-order valence-electron chi connectivity index (χ2n) is 16.1. The van der Waals surface area contributed by atoms with E-state index in [1.165, 1.54) is 23.3 Å². The van der Waals surface area contributed by atoms with Gasteiger partial charge in [0.15, 0.2) is 17.5 Å². The minimum absolute atomic E-state index is 0.0789. The molecule has 274 valence electrons. The summed E-state index contributed by atoms with van der Waals surface area (Å²) in [5, 5.41) is 2.23. The van der Waals surface area contributed by atoms with E-state index in [0.29, 0.717) is 23.0 Å². The summed E-state index contributed by atoms with van der Waals surface area (Å²) >= 11 is 0. The largest absolute Gasteiger partial charge is 0.416 e. The molecule has 8 rings (SSSR count). The summed E-state index contributed by atoms with van der Waals surface area (Å²) < 4.78 is 43.1. The van der Waals surface area contributed by atoms with Crippen molar-refractivity contribution in [3.8, 4) is 51.0 Å². The lowest BCUT2D eigenvalue weighted by atomic mass is 9.85. The molecular formula is C48H41F3N4. The fraction of sp³-hybridized carbons (Fsp3) is 0.188. The number of hydrogen-bond donors (Lipinski definition) is 0. The van der Waals surface area contributed by atoms with Crippen molar-refractivity contribution in [2.75, 3.05) is 0 Å². The first kappa shape index (κ1) is 35.9. The maximum Gasteiger partial charge on any atom is 0.416 e. The van der Waals surface area contributed by atoms with Crippen LogP contribution in [0.2, 0.25) is 0 Å². The second kappa shape index (κ2) is 13.3. The molecule has 0 atom stereocenters. The predicted octanol–water partition coefficient (Wildman–Crippen LogP) is 13.3. The number of hydrogen-bond acceptors (Lipinski definition) is 3. The van der Waals surface area contributed by atoms with E-state index < -0.39 is 11.7 Å². The van der Waals surface area contributed by atoms with Gasteiger partial charge < -0.3 is 4.57 Å². The normalized spacial score (nSPS) is 12.5. The van der Waals surface area contributed by atoms with Crippen molar-refractivity contribution in [3.63, 3.8) is 0 Å². The Bertz CT molecular complexity index is 2550. The molecule has 0 amide bonds. The molecule has 7 heteroatoms. The van der Waals surface area contributed by atoms with Crippen LogP contribution < -0.4 is 0 Å². The molecule has 0 unspecified atom stereocenters. The number of benzene rings is 6. The first-order chi connectivity index (χ1) is 26.1. The number of aromatic nitrogens is 4. The highest BCUT2D eigenvalue weighted by molar-refractivity contribution is 6.10. The van der Waals surface area contributed by atoms with Crippen LogP contribution in [0.5, 0.6) is 0 Å². The third kappa shape index (κ3) is 6.91. The van der Waals surface area contributed by atoms with Gasteiger partial charge >= 0.3 is 6.18 Å². The molecule has 2 heterocycles. The summed E-state index contributed by atoms with van der Waals surface area (Å²) in [7, 11) is 0. The summed E-state index contributed by atoms with van der Waals surface area (Å²) in [6.07, 6.45) is -4.43. The van der Waals surface area contributed by atoms with E-state index in [2.05, 4.69) is 82.5 Å². The van der Waals surface area contributed by atoms with Crippen molar-refractivity contribution in [2.45, 2.75) is 58.5 Å². The zero-order valence-corrected chi connectivity index (χ0v) is 31.7. The highest BCUT2D eigenvalue weighted by atomic mass is 19.4. The summed E-state index contributed by atoms with van der Waals surface area (Å²) in [6, 6.07) is 44.3. The first-order valence-electron chi connectivity index (χ1n) is 18.4. The van der Waals surface area contributed by atoms with Crippen molar-refractivity contribution >= 4 is 21.8 Å². The molecule has 0 bridgehead atoms. The average Bonchev–Trinajstić information content (AvgIpc) is 3.50. The van der Waals surface area contributed by atoms with Crippen LogP contribution in [0.1, 0.15) is 58.2 Å². The minimum atomic E-state index is -4.43. The molecule has 55 heavy (non-hydrogen) atoms. The van der Waals surface area contributed by atoms with Gasteiger partial charge in [-0.2, -0.15) is 13.2 Å². The molecule has 0 aliphatic heterocycles. The Hall–Kier alpha value is -6.08. The molecule has 0 fully saturated rings. The summed E-state index contributed by atoms with van der Waals surface area (Å²) in [6.45, 7) is 13.3. The maximum absolute atomic E-state index is 13.6. The fourth-order valence-corrected chi connectivity index (χ4v) is 7.08. The zero-order valence-electron chi connectivity index (χ0n) is 31.7. The van der Waals surface area contributed by atoms with E-state index in [9.17, 15) is 13.2 Å². The molecular weight excluding hydrogens is 690 g/mol. The van der Waals surface area contributed by atoms with E-state index in [1.54, 1.807) is 0 Å². The van der Waals surface area contributed by atoms with E-state index in [1.807, 2.05) is 78.9 Å². The number of halogens is 3. The van der Waals surface area contributed by atoms with Crippen molar-refractivity contribution in [1.82, 2.24) is 19.5 Å². The average molecular weight is 731 g/mol. The van der Waals surface area contributed by atoms with E-state index >= 15 is 0 Å². The Labute approximate surface area is 319 Å². The van der Waals surface area contributed by atoms with Gasteiger partial charge in [-0.1, -0.05) is 133 Å². The van der Waals surface area contributed by atoms with Crippen LogP contribution >= 0.6 is 0 Å². The van der Waals surface area contributed by atoms with Gasteiger partial charge in [-0.15, -0.1) is 0 Å². The smallest absolute Gasteiger partial charge is 0.308 e. The van der Waals surface area contributed by atoms with E-state index in [-0.39, 0.29) is 10.8 Å². The first-order valence-corrected chi connectivity index (χ1v) is 18.4. The molecule has 0 aliphatic rings. The zero-order chi connectivity index (χ0) is 38.7. The number of alkyl halides is 3. The van der Waals surface area contributed by atoms with Gasteiger partial charge in [0.05, 0.1) is 22.3 Å². The lowest BCUT2D eigenvalue weighted by molar-refractivity contribution is -0.137. The lowest BCUT2D eigenvalue weighted by Gasteiger charge is -2.19. The Balaban J connectivity index is 1.45. The van der Waals surface area contributed by atoms with Crippen LogP contribution in [0.25, 0.3) is 72.8 Å². The third-order valence-corrected chi connectivity index (χ3v) is 10.2. The maximum atomic E-state index is 13.6. The molecule has 8 aromatic rings. The predicted molar refractivity (Wildman–Crippen MR) is 218 cm³/mol. The molecule has 0 saturated heterocycles. The molecule has 4 nitrogen and oxygen atoms in total. The molecule has 0 aliphatic carbocycles. The van der Waals surface area contributed by atoms with Crippen LogP contribution in [0.4, 0.5) is 13.2 Å². The standard InChI is InChI=1S/C48H41F3N4/c1-46(2,3)35-22-25-40-38(28-35)39-29-36(47(4,5)6)23-26-41(39)55(40)42-27-33(30-17-20-34(21-18-30)48(49,50)51)19-24-37(42)45-53-43(31-13-9-7-10-14-31)52-44(54-45)32-15-11-8-12-16-32/h7-29H,1-6H3. The van der Waals surface area contributed by atoms with E-state index in [4.69, 9.17) is 15.0 Å². The van der Waals surface area contributed by atoms with Gasteiger partial charge in [0.2, 0.25) is 0 Å². The fourth-order valence-electron chi connectivity index (χ4n) is 7.08. The third-order valence-electron chi connectivity index (χ3n) is 10.2. The monoisotopic (exact) mass is 730 g/mol. The van der Waals surface area contributed by atoms with Crippen molar-refractivity contribution in [1.29, 1.82) is 0 Å². The topological polar surface area (TPSA) is 43.6 Å². The minimum Gasteiger partial charge on any atom is -0.308 e. The molecule has 6 aromatic carbocycles. The number of fused-ring (bicyclic) bond motifs is 3. The van der Waals surface area contributed by atoms with Crippen LogP contribution in [-0.2, 0) is 17.0 Å². The van der Waals surface area contributed by atoms with Crippen LogP contribution in [0, 0.1) is 0 Å². The second-order valence-corrected chi connectivity index (χ2v) is 16.1. The molecule has 0 saturated carbocycles. The summed E-state index contributed by atoms with van der Waals surface area (Å²) in [5.74, 6) is 1.55. The van der Waals surface area contributed by atoms with Crippen molar-refractivity contribution in [3.05, 3.63) is 156 Å². The summed E-state index contributed by atoms with van der Waals surface area (Å²) in [4.78, 5) is 15.1. The molecule has 2 aromatic heterocycles. The number of rotatable bonds is 5. The van der Waals surface area contributed by atoms with Gasteiger partial charge in [0.25, 0.3) is 0 Å². The highest BCUT2D eigenvalue weighted by Gasteiger charge is 2.30. The van der Waals surface area contributed by atoms with Crippen molar-refractivity contribution in [2.24, 2.45) is 0 Å². The number of nitrogens with zero attached hydrogens (tertiary/aromatic N) is 4. The Morgan fingerprint density at radius 3 is 1.31 bits per heavy atom. The Morgan fingerprint density at radius 2 is 0.855 bits per heavy atom. The van der Waals surface area contributed by atoms with Crippen LogP contribution in [-0.4, -0.2) is 19.5 Å². The van der Waals surface area contributed by atoms with Crippen LogP contribution in [0.15, 0.2) is 140 Å². The van der Waals surface area contributed by atoms with Gasteiger partial charge in [-0.25, -0.2) is 15.0 Å².